The average Bonchev–Trinajstić information content (AvgIpc) is 3.09. The van der Waals surface area contributed by atoms with Crippen LogP contribution < -0.4 is 14.4 Å². The van der Waals surface area contributed by atoms with E-state index in [0.29, 0.717) is 30.9 Å². The molecular weight excluding hydrogens is 544 g/mol. The van der Waals surface area contributed by atoms with Gasteiger partial charge in [-0.2, -0.15) is 0 Å². The lowest BCUT2D eigenvalue weighted by Crippen LogP contribution is -2.43. The molecule has 1 aliphatic carbocycles. The molecule has 6 unspecified atom stereocenters. The first-order valence-corrected chi connectivity index (χ1v) is 16.4. The topological polar surface area (TPSA) is 75.7 Å². The number of carbonyl (C=O) groups is 2. The van der Waals surface area contributed by atoms with Gasteiger partial charge in [0.1, 0.15) is 22.5 Å². The van der Waals surface area contributed by atoms with E-state index in [1.807, 2.05) is 25.1 Å². The first kappa shape index (κ1) is 29.1. The predicted molar refractivity (Wildman–Crippen MR) is 162 cm³/mol. The third kappa shape index (κ3) is 6.25. The molecule has 2 aromatic rings. The van der Waals surface area contributed by atoms with Crippen LogP contribution in [0.4, 0.5) is 5.69 Å². The molecule has 6 nitrogen and oxygen atoms in total. The number of anilines is 1. The first-order valence-electron chi connectivity index (χ1n) is 14.8. The van der Waals surface area contributed by atoms with Gasteiger partial charge in [-0.05, 0) is 92.3 Å². The second-order valence-corrected chi connectivity index (χ2v) is 13.9. The number of rotatable bonds is 3. The molecule has 1 saturated carbocycles. The third-order valence-electron chi connectivity index (χ3n) is 9.21. The fourth-order valence-electron chi connectivity index (χ4n) is 6.42. The predicted octanol–water partition coefficient (Wildman–Crippen LogP) is 6.47. The van der Waals surface area contributed by atoms with Crippen molar-refractivity contribution in [2.45, 2.75) is 76.9 Å². The molecule has 1 fully saturated rings. The number of halogens is 1. The van der Waals surface area contributed by atoms with E-state index >= 15 is 0 Å². The van der Waals surface area contributed by atoms with Crippen LogP contribution in [0.3, 0.4) is 0 Å². The number of amides is 1. The van der Waals surface area contributed by atoms with Gasteiger partial charge in [0, 0.05) is 41.9 Å². The summed E-state index contributed by atoms with van der Waals surface area (Å²) in [5, 5.41) is 0.532. The Morgan fingerprint density at radius 3 is 2.65 bits per heavy atom. The molecule has 0 aromatic heterocycles. The summed E-state index contributed by atoms with van der Waals surface area (Å²) in [6, 6.07) is 11.6. The largest absolute Gasteiger partial charge is 0.491 e. The minimum Gasteiger partial charge on any atom is -0.491 e. The van der Waals surface area contributed by atoms with Crippen LogP contribution in [-0.2, 0) is 22.2 Å². The molecule has 0 spiro atoms. The number of ketones is 1. The van der Waals surface area contributed by atoms with Gasteiger partial charge in [-0.1, -0.05) is 37.9 Å². The number of benzene rings is 2. The molecule has 1 N–H and O–H groups in total. The van der Waals surface area contributed by atoms with Crippen molar-refractivity contribution in [2.75, 3.05) is 24.6 Å². The molecule has 216 valence electrons. The zero-order chi connectivity index (χ0) is 28.4. The number of nitrogens with zero attached hydrogens (tertiary/aromatic N) is 1. The van der Waals surface area contributed by atoms with Crippen LogP contribution in [0.5, 0.6) is 5.75 Å². The number of fused-ring (bicyclic) bond motifs is 2. The summed E-state index contributed by atoms with van der Waals surface area (Å²) in [5.41, 5.74) is 3.81. The molecule has 1 amide bonds. The highest BCUT2D eigenvalue weighted by Gasteiger charge is 2.39. The molecule has 2 aliphatic heterocycles. The normalized spacial score (nSPS) is 29.4. The maximum Gasteiger partial charge on any atom is 0.263 e. The molecular formula is C32H41ClN2O4S. The lowest BCUT2D eigenvalue weighted by molar-refractivity contribution is -0.127. The second-order valence-electron chi connectivity index (χ2n) is 11.9. The quantitative estimate of drug-likeness (QED) is 0.447. The van der Waals surface area contributed by atoms with Crippen LogP contribution in [-0.4, -0.2) is 40.8 Å². The van der Waals surface area contributed by atoms with Crippen LogP contribution in [0, 0.1) is 17.8 Å². The SMILES string of the molecule is CCCc1cc(Cl)ccc1C1COc2ccc3cc2N(C1)CC1CCC1C(=O)CCCC(C)C(C)S(=O)NC3=O. The summed E-state index contributed by atoms with van der Waals surface area (Å²) in [5.74, 6) is 1.36. The Kier molecular flexibility index (Phi) is 9.21. The van der Waals surface area contributed by atoms with Gasteiger partial charge < -0.3 is 9.64 Å². The van der Waals surface area contributed by atoms with Crippen LogP contribution in [0.25, 0.3) is 0 Å². The first-order chi connectivity index (χ1) is 19.2. The number of aryl methyl sites for hydroxylation is 1. The lowest BCUT2D eigenvalue weighted by atomic mass is 9.70. The molecule has 6 atom stereocenters. The Balaban J connectivity index is 1.51. The molecule has 0 saturated heterocycles. The van der Waals surface area contributed by atoms with Crippen molar-refractivity contribution in [1.29, 1.82) is 0 Å². The zero-order valence-electron chi connectivity index (χ0n) is 23.8. The fourth-order valence-corrected chi connectivity index (χ4v) is 7.66. The van der Waals surface area contributed by atoms with Crippen LogP contribution in [0.15, 0.2) is 36.4 Å². The number of hydrogen-bond donors (Lipinski definition) is 1. The Morgan fingerprint density at radius 2 is 1.90 bits per heavy atom. The second kappa shape index (κ2) is 12.6. The number of carbonyl (C=O) groups excluding carboxylic acids is 2. The molecule has 2 aromatic carbocycles. The Labute approximate surface area is 245 Å². The summed E-state index contributed by atoms with van der Waals surface area (Å²) in [6.45, 7) is 8.10. The number of Topliss-reactive ketones (excluding diaryl/α,β-unsaturated/α-hetero) is 1. The maximum absolute atomic E-state index is 13.2. The van der Waals surface area contributed by atoms with E-state index in [-0.39, 0.29) is 34.8 Å². The average molecular weight is 585 g/mol. The smallest absolute Gasteiger partial charge is 0.263 e. The summed E-state index contributed by atoms with van der Waals surface area (Å²) in [4.78, 5) is 28.8. The van der Waals surface area contributed by atoms with Crippen molar-refractivity contribution in [3.05, 3.63) is 58.1 Å². The van der Waals surface area contributed by atoms with Crippen LogP contribution >= 0.6 is 11.6 Å². The molecule has 0 radical (unpaired) electrons. The van der Waals surface area contributed by atoms with Gasteiger partial charge >= 0.3 is 0 Å². The van der Waals surface area contributed by atoms with Gasteiger partial charge in [0.05, 0.1) is 17.5 Å². The zero-order valence-corrected chi connectivity index (χ0v) is 25.4. The van der Waals surface area contributed by atoms with E-state index in [4.69, 9.17) is 16.3 Å². The molecule has 40 heavy (non-hydrogen) atoms. The van der Waals surface area contributed by atoms with E-state index in [1.54, 1.807) is 6.07 Å². The van der Waals surface area contributed by atoms with Gasteiger partial charge in [0.25, 0.3) is 5.91 Å². The maximum atomic E-state index is 13.2. The highest BCUT2D eigenvalue weighted by atomic mass is 35.5. The standard InChI is InChI=1S/C32H41ClN2O4S/c1-4-6-22-15-26(33)11-13-27(22)25-18-35-17-24-9-12-28(24)30(36)8-5-7-20(2)21(3)40(38)34-32(37)23-10-14-31(39-19-25)29(35)16-23/h10-11,13-16,20-21,24-25,28H,4-9,12,17-19H2,1-3H3,(H,34,37). The van der Waals surface area contributed by atoms with Crippen molar-refractivity contribution in [2.24, 2.45) is 17.8 Å². The Morgan fingerprint density at radius 1 is 1.07 bits per heavy atom. The highest BCUT2D eigenvalue weighted by molar-refractivity contribution is 7.84. The summed E-state index contributed by atoms with van der Waals surface area (Å²) in [6.07, 6.45) is 6.11. The summed E-state index contributed by atoms with van der Waals surface area (Å²) >= 11 is 6.37. The van der Waals surface area contributed by atoms with Gasteiger partial charge in [-0.15, -0.1) is 0 Å². The minimum absolute atomic E-state index is 0.0819. The molecule has 2 heterocycles. The van der Waals surface area contributed by atoms with Crippen molar-refractivity contribution in [3.63, 3.8) is 0 Å². The van der Waals surface area contributed by atoms with Crippen molar-refractivity contribution in [1.82, 2.24) is 4.72 Å². The van der Waals surface area contributed by atoms with Gasteiger partial charge in [0.15, 0.2) is 0 Å². The van der Waals surface area contributed by atoms with E-state index in [1.165, 1.54) is 11.1 Å². The van der Waals surface area contributed by atoms with E-state index in [9.17, 15) is 13.8 Å². The van der Waals surface area contributed by atoms with Gasteiger partial charge in [-0.25, -0.2) is 4.21 Å². The van der Waals surface area contributed by atoms with E-state index in [0.717, 1.165) is 61.5 Å². The van der Waals surface area contributed by atoms with Gasteiger partial charge in [0.2, 0.25) is 0 Å². The monoisotopic (exact) mass is 584 g/mol. The molecule has 3 aliphatic rings. The number of ether oxygens (including phenoxy) is 1. The van der Waals surface area contributed by atoms with Crippen molar-refractivity contribution in [3.8, 4) is 5.75 Å². The number of hydrogen-bond acceptors (Lipinski definition) is 5. The molecule has 2 bridgehead atoms. The van der Waals surface area contributed by atoms with Gasteiger partial charge in [-0.3, -0.25) is 14.3 Å². The minimum atomic E-state index is -1.52. The Hall–Kier alpha value is -2.38. The molecule has 5 rings (SSSR count). The van der Waals surface area contributed by atoms with E-state index in [2.05, 4.69) is 35.6 Å². The van der Waals surface area contributed by atoms with Crippen LogP contribution in [0.1, 0.15) is 86.7 Å². The number of nitrogens with one attached hydrogen (secondary N) is 1. The molecule has 8 heteroatoms. The van der Waals surface area contributed by atoms with Crippen LogP contribution in [0.2, 0.25) is 5.02 Å². The fraction of sp³-hybridized carbons (Fsp3) is 0.562. The lowest BCUT2D eigenvalue weighted by Gasteiger charge is -2.40. The highest BCUT2D eigenvalue weighted by Crippen LogP contribution is 2.42. The Bertz CT molecular complexity index is 1280. The van der Waals surface area contributed by atoms with Crippen molar-refractivity contribution < 1.29 is 18.5 Å². The summed E-state index contributed by atoms with van der Waals surface area (Å²) in [7, 11) is -1.52. The van der Waals surface area contributed by atoms with E-state index < -0.39 is 11.0 Å². The summed E-state index contributed by atoms with van der Waals surface area (Å²) < 4.78 is 22.1. The third-order valence-corrected chi connectivity index (χ3v) is 11.0. The van der Waals surface area contributed by atoms with Crippen molar-refractivity contribution >= 4 is 40.0 Å².